The third-order valence-electron chi connectivity index (χ3n) is 2.64. The van der Waals surface area contributed by atoms with Crippen molar-refractivity contribution in [2.24, 2.45) is 0 Å². The summed E-state index contributed by atoms with van der Waals surface area (Å²) in [6.45, 7) is 0. The molecule has 2 aromatic heterocycles. The Morgan fingerprint density at radius 1 is 1.18 bits per heavy atom. The van der Waals surface area contributed by atoms with Crippen molar-refractivity contribution in [1.82, 2.24) is 9.97 Å². The van der Waals surface area contributed by atoms with E-state index in [-0.39, 0.29) is 44.4 Å². The highest BCUT2D eigenvalue weighted by molar-refractivity contribution is 8.00. The number of oxazole rings is 1. The van der Waals surface area contributed by atoms with Crippen molar-refractivity contribution in [1.29, 1.82) is 0 Å². The third kappa shape index (κ3) is 3.17. The first-order chi connectivity index (χ1) is 10.3. The molecule has 1 aromatic carbocycles. The van der Waals surface area contributed by atoms with E-state index in [1.54, 1.807) is 0 Å². The predicted octanol–water partition coefficient (Wildman–Crippen LogP) is 5.29. The van der Waals surface area contributed by atoms with Gasteiger partial charge < -0.3 is 4.42 Å². The molecule has 0 amide bonds. The van der Waals surface area contributed by atoms with E-state index < -0.39 is 11.3 Å². The Morgan fingerprint density at radius 2 is 1.95 bits per heavy atom. The zero-order valence-corrected chi connectivity index (χ0v) is 12.1. The van der Waals surface area contributed by atoms with Crippen LogP contribution in [-0.2, 0) is 0 Å². The minimum absolute atomic E-state index is 0.0128. The van der Waals surface area contributed by atoms with Crippen LogP contribution >= 0.6 is 23.4 Å². The summed E-state index contributed by atoms with van der Waals surface area (Å²) in [4.78, 5) is 7.53. The van der Waals surface area contributed by atoms with Crippen molar-refractivity contribution >= 4 is 34.5 Å². The Morgan fingerprint density at radius 3 is 2.68 bits per heavy atom. The van der Waals surface area contributed by atoms with Gasteiger partial charge in [0.2, 0.25) is 5.89 Å². The van der Waals surface area contributed by atoms with E-state index in [2.05, 4.69) is 9.97 Å². The van der Waals surface area contributed by atoms with E-state index in [4.69, 9.17) is 16.0 Å². The topological polar surface area (TPSA) is 38.9 Å². The summed E-state index contributed by atoms with van der Waals surface area (Å²) >= 11 is 5.43. The SMILES string of the molecule is Fc1cnc(Cl)cc1-c1nc2cc(SC(F)(F)F)ccc2o1. The molecule has 22 heavy (non-hydrogen) atoms. The van der Waals surface area contributed by atoms with Crippen LogP contribution in [0.1, 0.15) is 0 Å². The number of pyridine rings is 1. The van der Waals surface area contributed by atoms with Crippen LogP contribution in [0.4, 0.5) is 17.6 Å². The molecule has 3 nitrogen and oxygen atoms in total. The molecule has 0 saturated carbocycles. The Balaban J connectivity index is 2.04. The first kappa shape index (κ1) is 15.1. The predicted molar refractivity (Wildman–Crippen MR) is 74.1 cm³/mol. The summed E-state index contributed by atoms with van der Waals surface area (Å²) in [6.07, 6.45) is 0.914. The fraction of sp³-hybridized carbons (Fsp3) is 0.0769. The number of halogens is 5. The average Bonchev–Trinajstić information content (AvgIpc) is 2.82. The maximum Gasteiger partial charge on any atom is 0.446 e. The Hall–Kier alpha value is -1.80. The molecule has 0 aliphatic carbocycles. The van der Waals surface area contributed by atoms with E-state index in [0.29, 0.717) is 0 Å². The summed E-state index contributed by atoms with van der Waals surface area (Å²) in [6, 6.07) is 5.06. The first-order valence-electron chi connectivity index (χ1n) is 5.79. The molecule has 0 spiro atoms. The summed E-state index contributed by atoms with van der Waals surface area (Å²) in [5.74, 6) is -0.771. The largest absolute Gasteiger partial charge is 0.446 e. The highest BCUT2D eigenvalue weighted by Gasteiger charge is 2.29. The van der Waals surface area contributed by atoms with Gasteiger partial charge in [-0.1, -0.05) is 11.6 Å². The summed E-state index contributed by atoms with van der Waals surface area (Å²) < 4.78 is 56.1. The molecule has 9 heteroatoms. The second-order valence-electron chi connectivity index (χ2n) is 4.18. The van der Waals surface area contributed by atoms with Crippen LogP contribution in [-0.4, -0.2) is 15.5 Å². The van der Waals surface area contributed by atoms with Crippen molar-refractivity contribution in [2.75, 3.05) is 0 Å². The number of thioether (sulfide) groups is 1. The molecule has 0 unspecified atom stereocenters. The van der Waals surface area contributed by atoms with Crippen molar-refractivity contribution in [3.63, 3.8) is 0 Å². The lowest BCUT2D eigenvalue weighted by molar-refractivity contribution is -0.0328. The molecule has 2 heterocycles. The average molecular weight is 349 g/mol. The number of benzene rings is 1. The second-order valence-corrected chi connectivity index (χ2v) is 5.71. The number of hydrogen-bond acceptors (Lipinski definition) is 4. The van der Waals surface area contributed by atoms with Gasteiger partial charge in [-0.3, -0.25) is 0 Å². The molecule has 0 atom stereocenters. The van der Waals surface area contributed by atoms with Crippen LogP contribution in [0.15, 0.2) is 39.8 Å². The second kappa shape index (κ2) is 5.44. The zero-order chi connectivity index (χ0) is 15.9. The lowest BCUT2D eigenvalue weighted by Gasteiger charge is -2.04. The van der Waals surface area contributed by atoms with E-state index in [1.165, 1.54) is 24.3 Å². The van der Waals surface area contributed by atoms with Gasteiger partial charge in [0.1, 0.15) is 10.7 Å². The van der Waals surface area contributed by atoms with E-state index in [9.17, 15) is 17.6 Å². The number of alkyl halides is 3. The lowest BCUT2D eigenvalue weighted by Crippen LogP contribution is -1.98. The summed E-state index contributed by atoms with van der Waals surface area (Å²) in [5.41, 5.74) is -3.98. The fourth-order valence-corrected chi connectivity index (χ4v) is 2.53. The molecule has 0 saturated heterocycles. The maximum atomic E-state index is 13.7. The van der Waals surface area contributed by atoms with Gasteiger partial charge in [-0.2, -0.15) is 13.2 Å². The maximum absolute atomic E-state index is 13.7. The molecule has 0 radical (unpaired) electrons. The standard InChI is InChI=1S/C13H5ClF4N2OS/c14-11-4-7(8(15)5-19-11)12-20-9-3-6(22-13(16,17)18)1-2-10(9)21-12/h1-5H. The fourth-order valence-electron chi connectivity index (χ4n) is 1.80. The molecule has 114 valence electrons. The van der Waals surface area contributed by atoms with Gasteiger partial charge in [0, 0.05) is 4.90 Å². The normalized spacial score (nSPS) is 12.0. The number of hydrogen-bond donors (Lipinski definition) is 0. The van der Waals surface area contributed by atoms with Gasteiger partial charge in [0.25, 0.3) is 0 Å². The highest BCUT2D eigenvalue weighted by Crippen LogP contribution is 2.38. The number of nitrogens with zero attached hydrogens (tertiary/aromatic N) is 2. The van der Waals surface area contributed by atoms with E-state index in [1.807, 2.05) is 0 Å². The molecule has 0 fully saturated rings. The molecule has 0 N–H and O–H groups in total. The third-order valence-corrected chi connectivity index (χ3v) is 3.57. The molecule has 0 bridgehead atoms. The first-order valence-corrected chi connectivity index (χ1v) is 6.99. The summed E-state index contributed by atoms with van der Waals surface area (Å²) in [5, 5.41) is 0.0481. The van der Waals surface area contributed by atoms with Crippen LogP contribution < -0.4 is 0 Å². The molecular weight excluding hydrogens is 344 g/mol. The van der Waals surface area contributed by atoms with Gasteiger partial charge in [0.15, 0.2) is 11.4 Å². The lowest BCUT2D eigenvalue weighted by atomic mass is 10.2. The van der Waals surface area contributed by atoms with Crippen LogP contribution in [0.25, 0.3) is 22.6 Å². The van der Waals surface area contributed by atoms with Crippen molar-refractivity contribution in [3.8, 4) is 11.5 Å². The molecule has 3 rings (SSSR count). The Bertz CT molecular complexity index is 850. The van der Waals surface area contributed by atoms with E-state index in [0.717, 1.165) is 6.20 Å². The number of rotatable bonds is 2. The smallest absolute Gasteiger partial charge is 0.436 e. The van der Waals surface area contributed by atoms with Crippen LogP contribution in [0.5, 0.6) is 0 Å². The Kier molecular flexibility index (Phi) is 3.73. The Labute approximate surface area is 130 Å². The quantitative estimate of drug-likeness (QED) is 0.358. The van der Waals surface area contributed by atoms with Gasteiger partial charge >= 0.3 is 5.51 Å². The van der Waals surface area contributed by atoms with Gasteiger partial charge in [-0.05, 0) is 36.0 Å². The number of fused-ring (bicyclic) bond motifs is 1. The number of aromatic nitrogens is 2. The highest BCUT2D eigenvalue weighted by atomic mass is 35.5. The summed E-state index contributed by atoms with van der Waals surface area (Å²) in [7, 11) is 0. The molecule has 0 aliphatic rings. The molecule has 3 aromatic rings. The van der Waals surface area contributed by atoms with Crippen molar-refractivity contribution in [2.45, 2.75) is 10.4 Å². The van der Waals surface area contributed by atoms with Crippen LogP contribution in [0.2, 0.25) is 5.15 Å². The van der Waals surface area contributed by atoms with Crippen molar-refractivity contribution in [3.05, 3.63) is 41.4 Å². The monoisotopic (exact) mass is 348 g/mol. The van der Waals surface area contributed by atoms with Gasteiger partial charge in [0.05, 0.1) is 11.8 Å². The van der Waals surface area contributed by atoms with Crippen LogP contribution in [0.3, 0.4) is 0 Å². The molecule has 0 aliphatic heterocycles. The minimum atomic E-state index is -4.40. The van der Waals surface area contributed by atoms with Crippen molar-refractivity contribution < 1.29 is 22.0 Å². The molecular formula is C13H5ClF4N2OS. The van der Waals surface area contributed by atoms with Crippen LogP contribution in [0, 0.1) is 5.82 Å². The zero-order valence-electron chi connectivity index (χ0n) is 10.5. The van der Waals surface area contributed by atoms with E-state index >= 15 is 0 Å². The minimum Gasteiger partial charge on any atom is -0.436 e. The van der Waals surface area contributed by atoms with Gasteiger partial charge in [-0.15, -0.1) is 0 Å². The van der Waals surface area contributed by atoms with Gasteiger partial charge in [-0.25, -0.2) is 14.4 Å².